The molecule has 0 aromatic heterocycles. The van der Waals surface area contributed by atoms with E-state index in [4.69, 9.17) is 26.3 Å². The molecule has 0 bridgehead atoms. The van der Waals surface area contributed by atoms with Gasteiger partial charge >= 0.3 is 5.97 Å². The fraction of sp³-hybridized carbons (Fsp3) is 0.462. The number of halogens is 1. The number of carbonyl (C=O) groups is 1. The molecule has 3 aliphatic heterocycles. The minimum atomic E-state index is -0.924. The number of fused-ring (bicyclic) bond motifs is 1. The Bertz CT molecular complexity index is 1100. The van der Waals surface area contributed by atoms with E-state index >= 15 is 0 Å². The lowest BCUT2D eigenvalue weighted by Crippen LogP contribution is -2.44. The van der Waals surface area contributed by atoms with Crippen LogP contribution in [-0.2, 0) is 17.8 Å². The predicted octanol–water partition coefficient (Wildman–Crippen LogP) is 5.30. The number of aromatic carboxylic acids is 1. The maximum atomic E-state index is 11.1. The van der Waals surface area contributed by atoms with Crippen molar-refractivity contribution in [3.05, 3.63) is 63.7 Å². The van der Waals surface area contributed by atoms with Crippen LogP contribution in [-0.4, -0.2) is 46.0 Å². The zero-order valence-corrected chi connectivity index (χ0v) is 19.8. The standard InChI is InChI=1S/C26H29ClN2O4/c1-25(2)8-7-20-13-17(14-21(27)23(20)32-25)16-29-11-9-26(10-12-29)15-22(28-33-26)18-3-5-19(6-4-18)24(30)31/h3-6,13-14H,7-12,15-16H2,1-2H3,(H,30,31). The molecule has 0 saturated carbocycles. The third kappa shape index (κ3) is 4.59. The number of nitrogens with zero attached hydrogens (tertiary/aromatic N) is 2. The molecule has 0 unspecified atom stereocenters. The van der Waals surface area contributed by atoms with Crippen LogP contribution in [0.2, 0.25) is 5.02 Å². The van der Waals surface area contributed by atoms with Gasteiger partial charge in [0.15, 0.2) is 0 Å². The van der Waals surface area contributed by atoms with Crippen LogP contribution in [0.1, 0.15) is 66.6 Å². The Kier molecular flexibility index (Phi) is 5.61. The predicted molar refractivity (Wildman–Crippen MR) is 127 cm³/mol. The normalized spacial score (nSPS) is 21.1. The molecule has 2 aromatic rings. The SMILES string of the molecule is CC1(C)CCc2cc(CN3CCC4(CC3)CC(c3ccc(C(=O)O)cc3)=NO4)cc(Cl)c2O1. The highest BCUT2D eigenvalue weighted by molar-refractivity contribution is 6.32. The molecule has 1 N–H and O–H groups in total. The molecular weight excluding hydrogens is 440 g/mol. The second-order valence-electron chi connectivity index (χ2n) is 10.1. The maximum Gasteiger partial charge on any atom is 0.335 e. The van der Waals surface area contributed by atoms with Crippen LogP contribution in [0.5, 0.6) is 5.75 Å². The average molecular weight is 469 g/mol. The number of likely N-dealkylation sites (tertiary alicyclic amines) is 1. The Morgan fingerprint density at radius 1 is 1.15 bits per heavy atom. The van der Waals surface area contributed by atoms with Crippen molar-refractivity contribution in [3.63, 3.8) is 0 Å². The fourth-order valence-electron chi connectivity index (χ4n) is 4.99. The van der Waals surface area contributed by atoms with Crippen molar-refractivity contribution in [2.24, 2.45) is 5.16 Å². The maximum absolute atomic E-state index is 11.1. The highest BCUT2D eigenvalue weighted by Crippen LogP contribution is 2.40. The lowest BCUT2D eigenvalue weighted by Gasteiger charge is -2.37. The summed E-state index contributed by atoms with van der Waals surface area (Å²) in [5, 5.41) is 14.2. The Balaban J connectivity index is 1.19. The van der Waals surface area contributed by atoms with Crippen LogP contribution in [0.3, 0.4) is 0 Å². The topological polar surface area (TPSA) is 71.4 Å². The second kappa shape index (κ2) is 8.33. The largest absolute Gasteiger partial charge is 0.486 e. The van der Waals surface area contributed by atoms with Crippen LogP contribution in [0.25, 0.3) is 0 Å². The number of piperidine rings is 1. The lowest BCUT2D eigenvalue weighted by atomic mass is 9.85. The summed E-state index contributed by atoms with van der Waals surface area (Å²) >= 11 is 6.58. The molecule has 5 rings (SSSR count). The smallest absolute Gasteiger partial charge is 0.335 e. The minimum absolute atomic E-state index is 0.167. The van der Waals surface area contributed by atoms with Crippen molar-refractivity contribution in [1.29, 1.82) is 0 Å². The van der Waals surface area contributed by atoms with E-state index < -0.39 is 5.97 Å². The van der Waals surface area contributed by atoms with Crippen molar-refractivity contribution in [1.82, 2.24) is 4.90 Å². The van der Waals surface area contributed by atoms with Crippen molar-refractivity contribution < 1.29 is 19.5 Å². The van der Waals surface area contributed by atoms with Gasteiger partial charge in [0.1, 0.15) is 17.0 Å². The highest BCUT2D eigenvalue weighted by Gasteiger charge is 2.42. The first kappa shape index (κ1) is 22.2. The summed E-state index contributed by atoms with van der Waals surface area (Å²) in [5.41, 5.74) is 4.10. The van der Waals surface area contributed by atoms with E-state index in [2.05, 4.69) is 30.0 Å². The highest BCUT2D eigenvalue weighted by atomic mass is 35.5. The Morgan fingerprint density at radius 3 is 2.58 bits per heavy atom. The molecule has 174 valence electrons. The van der Waals surface area contributed by atoms with E-state index in [0.29, 0.717) is 5.02 Å². The van der Waals surface area contributed by atoms with Gasteiger partial charge in [-0.25, -0.2) is 4.79 Å². The summed E-state index contributed by atoms with van der Waals surface area (Å²) < 4.78 is 6.12. The number of benzene rings is 2. The molecule has 3 aliphatic rings. The first-order valence-corrected chi connectivity index (χ1v) is 11.9. The van der Waals surface area contributed by atoms with Gasteiger partial charge in [0.05, 0.1) is 16.3 Å². The summed E-state index contributed by atoms with van der Waals surface area (Å²) in [4.78, 5) is 19.5. The summed E-state index contributed by atoms with van der Waals surface area (Å²) in [6.07, 6.45) is 4.54. The molecule has 7 heteroatoms. The van der Waals surface area contributed by atoms with Gasteiger partial charge in [0.2, 0.25) is 0 Å². The zero-order valence-electron chi connectivity index (χ0n) is 19.1. The molecular formula is C26H29ClN2O4. The van der Waals surface area contributed by atoms with Crippen molar-refractivity contribution in [2.75, 3.05) is 13.1 Å². The van der Waals surface area contributed by atoms with Gasteiger partial charge in [-0.1, -0.05) is 35.0 Å². The van der Waals surface area contributed by atoms with Gasteiger partial charge in [-0.3, -0.25) is 4.90 Å². The van der Waals surface area contributed by atoms with Crippen LogP contribution in [0.4, 0.5) is 0 Å². The third-order valence-corrected chi connectivity index (χ3v) is 7.31. The average Bonchev–Trinajstić information content (AvgIpc) is 3.20. The number of oxime groups is 1. The molecule has 0 atom stereocenters. The molecule has 2 aromatic carbocycles. The Morgan fingerprint density at radius 2 is 1.88 bits per heavy atom. The van der Waals surface area contributed by atoms with Crippen LogP contribution < -0.4 is 4.74 Å². The van der Waals surface area contributed by atoms with Gasteiger partial charge < -0.3 is 14.7 Å². The molecule has 3 heterocycles. The molecule has 1 fully saturated rings. The molecule has 1 saturated heterocycles. The number of carboxylic acid groups (broad SMARTS) is 1. The molecule has 0 amide bonds. The van der Waals surface area contributed by atoms with E-state index in [1.165, 1.54) is 11.1 Å². The summed E-state index contributed by atoms with van der Waals surface area (Å²) in [6, 6.07) is 11.1. The second-order valence-corrected chi connectivity index (χ2v) is 10.5. The summed E-state index contributed by atoms with van der Waals surface area (Å²) in [5.74, 6) is -0.0822. The molecule has 0 aliphatic carbocycles. The van der Waals surface area contributed by atoms with E-state index in [9.17, 15) is 4.79 Å². The fourth-order valence-corrected chi connectivity index (χ4v) is 5.29. The number of aryl methyl sites for hydroxylation is 1. The summed E-state index contributed by atoms with van der Waals surface area (Å²) in [7, 11) is 0. The number of carboxylic acids is 1. The molecule has 1 spiro atoms. The lowest BCUT2D eigenvalue weighted by molar-refractivity contribution is -0.0627. The first-order valence-electron chi connectivity index (χ1n) is 11.5. The van der Waals surface area contributed by atoms with E-state index in [0.717, 1.165) is 68.8 Å². The van der Waals surface area contributed by atoms with Crippen LogP contribution in [0, 0.1) is 0 Å². The monoisotopic (exact) mass is 468 g/mol. The molecule has 0 radical (unpaired) electrons. The third-order valence-electron chi connectivity index (χ3n) is 7.03. The summed E-state index contributed by atoms with van der Waals surface area (Å²) in [6.45, 7) is 6.93. The van der Waals surface area contributed by atoms with Crippen molar-refractivity contribution >= 4 is 23.3 Å². The van der Waals surface area contributed by atoms with E-state index in [1.54, 1.807) is 12.1 Å². The van der Waals surface area contributed by atoms with E-state index in [1.807, 2.05) is 18.2 Å². The number of hydrogen-bond acceptors (Lipinski definition) is 5. The zero-order chi connectivity index (χ0) is 23.2. The van der Waals surface area contributed by atoms with Gasteiger partial charge in [0.25, 0.3) is 0 Å². The minimum Gasteiger partial charge on any atom is -0.486 e. The first-order chi connectivity index (χ1) is 15.7. The van der Waals surface area contributed by atoms with Crippen LogP contribution in [0.15, 0.2) is 41.6 Å². The number of ether oxygens (including phenoxy) is 1. The Labute approximate surface area is 199 Å². The molecule has 6 nitrogen and oxygen atoms in total. The van der Waals surface area contributed by atoms with Gasteiger partial charge in [-0.15, -0.1) is 0 Å². The van der Waals surface area contributed by atoms with Gasteiger partial charge in [-0.05, 0) is 61.6 Å². The number of hydrogen-bond donors (Lipinski definition) is 1. The molecule has 33 heavy (non-hydrogen) atoms. The van der Waals surface area contributed by atoms with Crippen molar-refractivity contribution in [3.8, 4) is 5.75 Å². The Hall–Kier alpha value is -2.57. The van der Waals surface area contributed by atoms with E-state index in [-0.39, 0.29) is 16.8 Å². The number of rotatable bonds is 4. The van der Waals surface area contributed by atoms with Gasteiger partial charge in [0, 0.05) is 38.9 Å². The van der Waals surface area contributed by atoms with Crippen molar-refractivity contribution in [2.45, 2.75) is 63.7 Å². The van der Waals surface area contributed by atoms with Crippen LogP contribution >= 0.6 is 11.6 Å². The quantitative estimate of drug-likeness (QED) is 0.659. The van der Waals surface area contributed by atoms with Gasteiger partial charge in [-0.2, -0.15) is 0 Å².